The summed E-state index contributed by atoms with van der Waals surface area (Å²) in [4.78, 5) is 30.7. The Morgan fingerprint density at radius 3 is 2.32 bits per heavy atom. The first-order valence-corrected chi connectivity index (χ1v) is 15.8. The van der Waals surface area contributed by atoms with Crippen LogP contribution in [0.25, 0.3) is 22.3 Å². The molecule has 0 unspecified atom stereocenters. The van der Waals surface area contributed by atoms with E-state index in [9.17, 15) is 4.79 Å². The number of alkyl halides is 1. The number of carboxylic acid groups (broad SMARTS) is 1. The normalized spacial score (nSPS) is 21.0. The van der Waals surface area contributed by atoms with Crippen LogP contribution in [-0.2, 0) is 0 Å². The highest BCUT2D eigenvalue weighted by Gasteiger charge is 2.44. The van der Waals surface area contributed by atoms with E-state index in [1.165, 1.54) is 12.4 Å². The number of fused-ring (bicyclic) bond motifs is 1. The molecule has 2 atom stereocenters. The predicted molar refractivity (Wildman–Crippen MR) is 174 cm³/mol. The van der Waals surface area contributed by atoms with E-state index >= 15 is 4.39 Å². The Morgan fingerprint density at radius 1 is 0.872 bits per heavy atom. The van der Waals surface area contributed by atoms with Crippen LogP contribution < -0.4 is 15.4 Å². The van der Waals surface area contributed by atoms with E-state index in [-0.39, 0.29) is 5.69 Å². The van der Waals surface area contributed by atoms with Gasteiger partial charge in [-0.3, -0.25) is 9.80 Å². The zero-order chi connectivity index (χ0) is 32.1. The molecular formula is C34H34FN9O3. The van der Waals surface area contributed by atoms with Crippen molar-refractivity contribution in [2.75, 3.05) is 49.9 Å². The van der Waals surface area contributed by atoms with Gasteiger partial charge in [-0.25, -0.2) is 28.8 Å². The lowest BCUT2D eigenvalue weighted by molar-refractivity contribution is -0.0343. The second kappa shape index (κ2) is 11.9. The monoisotopic (exact) mass is 635 g/mol. The number of aromatic nitrogens is 5. The molecular weight excluding hydrogens is 601 g/mol. The number of aromatic carboxylic acids is 1. The Labute approximate surface area is 270 Å². The van der Waals surface area contributed by atoms with Crippen LogP contribution in [0, 0.1) is 0 Å². The molecule has 3 aliphatic rings. The van der Waals surface area contributed by atoms with Gasteiger partial charge in [-0.1, -0.05) is 18.2 Å². The van der Waals surface area contributed by atoms with Gasteiger partial charge >= 0.3 is 5.97 Å². The minimum atomic E-state index is -1.12. The number of hydrogen-bond acceptors (Lipinski definition) is 10. The maximum atomic E-state index is 16.0. The number of nitrogens with two attached hydrogens (primary N) is 1. The molecule has 0 spiro atoms. The molecule has 5 aromatic rings. The summed E-state index contributed by atoms with van der Waals surface area (Å²) in [6, 6.07) is 20.8. The van der Waals surface area contributed by atoms with E-state index in [1.807, 2.05) is 54.6 Å². The highest BCUT2D eigenvalue weighted by molar-refractivity contribution is 5.98. The molecule has 0 aliphatic carbocycles. The van der Waals surface area contributed by atoms with Crippen LogP contribution in [0.5, 0.6) is 11.5 Å². The summed E-state index contributed by atoms with van der Waals surface area (Å²) in [6.07, 6.45) is 2.52. The van der Waals surface area contributed by atoms with Gasteiger partial charge in [0.1, 0.15) is 41.2 Å². The first kappa shape index (κ1) is 29.3. The number of carboxylic acids is 1. The lowest BCUT2D eigenvalue weighted by atomic mass is 9.95. The third kappa shape index (κ3) is 5.51. The summed E-state index contributed by atoms with van der Waals surface area (Å²) >= 11 is 0. The highest BCUT2D eigenvalue weighted by atomic mass is 19.1. The van der Waals surface area contributed by atoms with Crippen molar-refractivity contribution < 1.29 is 19.0 Å². The molecule has 3 aliphatic heterocycles. The molecule has 0 radical (unpaired) electrons. The van der Waals surface area contributed by atoms with E-state index in [0.717, 1.165) is 49.7 Å². The quantitative estimate of drug-likeness (QED) is 0.255. The number of likely N-dealkylation sites (tertiary alicyclic amines) is 2. The minimum absolute atomic E-state index is 0.0462. The van der Waals surface area contributed by atoms with Crippen LogP contribution in [0.4, 0.5) is 15.9 Å². The van der Waals surface area contributed by atoms with Crippen molar-refractivity contribution in [1.29, 1.82) is 0 Å². The number of para-hydroxylation sites is 1. The maximum absolute atomic E-state index is 16.0. The van der Waals surface area contributed by atoms with Gasteiger partial charge in [0.15, 0.2) is 5.65 Å². The summed E-state index contributed by atoms with van der Waals surface area (Å²) in [6.45, 7) is 4.67. The number of ether oxygens (including phenoxy) is 1. The number of piperidine rings is 1. The fourth-order valence-corrected chi connectivity index (χ4v) is 6.87. The molecule has 3 saturated heterocycles. The first-order valence-electron chi connectivity index (χ1n) is 15.8. The van der Waals surface area contributed by atoms with Crippen LogP contribution in [0.15, 0.2) is 79.3 Å². The van der Waals surface area contributed by atoms with Gasteiger partial charge in [-0.05, 0) is 55.0 Å². The van der Waals surface area contributed by atoms with Crippen LogP contribution in [0.2, 0.25) is 0 Å². The molecule has 0 bridgehead atoms. The van der Waals surface area contributed by atoms with E-state index in [4.69, 9.17) is 20.7 Å². The Morgan fingerprint density at radius 2 is 1.62 bits per heavy atom. The number of carbonyl (C=O) groups is 1. The molecule has 2 aromatic carbocycles. The topological polar surface area (TPSA) is 139 Å². The number of hydrogen-bond donors (Lipinski definition) is 2. The summed E-state index contributed by atoms with van der Waals surface area (Å²) in [5, 5.41) is 14.6. The average molecular weight is 636 g/mol. The van der Waals surface area contributed by atoms with Gasteiger partial charge < -0.3 is 20.5 Å². The van der Waals surface area contributed by atoms with Crippen LogP contribution in [0.3, 0.4) is 0 Å². The van der Waals surface area contributed by atoms with Gasteiger partial charge in [-0.2, -0.15) is 5.10 Å². The molecule has 0 saturated carbocycles. The van der Waals surface area contributed by atoms with Crippen molar-refractivity contribution in [3.63, 3.8) is 0 Å². The van der Waals surface area contributed by atoms with Crippen molar-refractivity contribution in [2.45, 2.75) is 30.7 Å². The summed E-state index contributed by atoms with van der Waals surface area (Å²) in [5.74, 6) is 0.725. The standard InChI is InChI=1S/C34H34FN9O3/c35-27-19-41(23-15-43(16-23)24-17-42(18-24)22-8-11-28(34(45)46)37-14-22)13-12-29(27)44-33-30(32(36)38-20-39-33)31(40-44)21-6-9-26(10-7-21)47-25-4-2-1-3-5-25/h1-11,14,20,23-24,27,29H,12-13,15-19H2,(H,45,46)(H2,36,38,39)/t27-,29-/m0/s1. The van der Waals surface area contributed by atoms with E-state index in [0.29, 0.717) is 53.3 Å². The van der Waals surface area contributed by atoms with E-state index in [2.05, 4.69) is 29.7 Å². The maximum Gasteiger partial charge on any atom is 0.354 e. The van der Waals surface area contributed by atoms with Crippen molar-refractivity contribution in [1.82, 2.24) is 34.5 Å². The Bertz CT molecular complexity index is 1890. The second-order valence-electron chi connectivity index (χ2n) is 12.4. The van der Waals surface area contributed by atoms with Crippen molar-refractivity contribution in [3.05, 3.63) is 84.9 Å². The lowest BCUT2D eigenvalue weighted by Gasteiger charge is -2.55. The third-order valence-electron chi connectivity index (χ3n) is 9.60. The van der Waals surface area contributed by atoms with Crippen LogP contribution in [-0.4, -0.2) is 103 Å². The number of pyridine rings is 1. The summed E-state index contributed by atoms with van der Waals surface area (Å²) < 4.78 is 23.7. The van der Waals surface area contributed by atoms with Crippen LogP contribution in [0.1, 0.15) is 23.0 Å². The number of nitrogens with zero attached hydrogens (tertiary/aromatic N) is 8. The zero-order valence-corrected chi connectivity index (χ0v) is 25.6. The zero-order valence-electron chi connectivity index (χ0n) is 25.6. The highest BCUT2D eigenvalue weighted by Crippen LogP contribution is 2.37. The van der Waals surface area contributed by atoms with Gasteiger partial charge in [-0.15, -0.1) is 0 Å². The smallest absolute Gasteiger partial charge is 0.354 e. The van der Waals surface area contributed by atoms with Gasteiger partial charge in [0, 0.05) is 56.9 Å². The van der Waals surface area contributed by atoms with Crippen LogP contribution >= 0.6 is 0 Å². The molecule has 47 heavy (non-hydrogen) atoms. The molecule has 6 heterocycles. The number of benzene rings is 2. The average Bonchev–Trinajstić information content (AvgIpc) is 3.43. The first-order chi connectivity index (χ1) is 22.9. The fourth-order valence-electron chi connectivity index (χ4n) is 6.87. The second-order valence-corrected chi connectivity index (χ2v) is 12.4. The largest absolute Gasteiger partial charge is 0.477 e. The number of nitrogen functional groups attached to an aromatic ring is 1. The molecule has 3 N–H and O–H groups in total. The Kier molecular flexibility index (Phi) is 7.41. The van der Waals surface area contributed by atoms with E-state index in [1.54, 1.807) is 16.9 Å². The molecule has 3 fully saturated rings. The molecule has 240 valence electrons. The van der Waals surface area contributed by atoms with Crippen molar-refractivity contribution in [3.8, 4) is 22.8 Å². The molecule has 12 nitrogen and oxygen atoms in total. The fraction of sp³-hybridized carbons (Fsp3) is 0.324. The molecule has 3 aromatic heterocycles. The SMILES string of the molecule is Nc1ncnc2c1c(-c1ccc(Oc3ccccc3)cc1)nn2[C@H]1CCN(C2CN(C3CN(c4ccc(C(=O)O)nc4)C3)C2)C[C@@H]1F. The summed E-state index contributed by atoms with van der Waals surface area (Å²) in [5.41, 5.74) is 9.30. The lowest BCUT2D eigenvalue weighted by Crippen LogP contribution is -2.70. The Hall–Kier alpha value is -5.14. The number of rotatable bonds is 8. The van der Waals surface area contributed by atoms with Gasteiger partial charge in [0.05, 0.1) is 23.3 Å². The van der Waals surface area contributed by atoms with Crippen molar-refractivity contribution in [2.24, 2.45) is 0 Å². The molecule has 8 rings (SSSR count). The number of halogens is 1. The Balaban J connectivity index is 0.907. The van der Waals surface area contributed by atoms with Gasteiger partial charge in [0.25, 0.3) is 0 Å². The molecule has 0 amide bonds. The predicted octanol–water partition coefficient (Wildman–Crippen LogP) is 4.12. The number of anilines is 2. The van der Waals surface area contributed by atoms with E-state index < -0.39 is 18.2 Å². The summed E-state index contributed by atoms with van der Waals surface area (Å²) in [7, 11) is 0. The molecule has 13 heteroatoms. The minimum Gasteiger partial charge on any atom is -0.477 e. The van der Waals surface area contributed by atoms with Gasteiger partial charge in [0.2, 0.25) is 0 Å². The van der Waals surface area contributed by atoms with Crippen molar-refractivity contribution >= 4 is 28.5 Å². The third-order valence-corrected chi connectivity index (χ3v) is 9.60.